The van der Waals surface area contributed by atoms with Gasteiger partial charge in [-0.25, -0.2) is 8.42 Å². The molecule has 0 fully saturated rings. The van der Waals surface area contributed by atoms with Crippen LogP contribution in [-0.4, -0.2) is 15.0 Å². The summed E-state index contributed by atoms with van der Waals surface area (Å²) in [6.07, 6.45) is 3.84. The Kier molecular flexibility index (Phi) is 4.50. The van der Waals surface area contributed by atoms with Crippen molar-refractivity contribution in [3.8, 4) is 0 Å². The van der Waals surface area contributed by atoms with Crippen molar-refractivity contribution in [3.63, 3.8) is 0 Å². The lowest BCUT2D eigenvalue weighted by Gasteiger charge is -2.28. The molecule has 1 aliphatic heterocycles. The van der Waals surface area contributed by atoms with E-state index in [2.05, 4.69) is 0 Å². The van der Waals surface area contributed by atoms with Gasteiger partial charge in [0.25, 0.3) is 10.0 Å². The minimum Gasteiger partial charge on any atom is -0.397 e. The van der Waals surface area contributed by atoms with E-state index in [4.69, 9.17) is 17.3 Å². The summed E-state index contributed by atoms with van der Waals surface area (Å²) in [5.41, 5.74) is 7.89. The van der Waals surface area contributed by atoms with Crippen LogP contribution in [0.15, 0.2) is 47.4 Å². The number of para-hydroxylation sites is 1. The van der Waals surface area contributed by atoms with Gasteiger partial charge in [-0.15, -0.1) is 0 Å². The number of nitrogens with zero attached hydrogens (tertiary/aromatic N) is 1. The number of halogens is 1. The SMILES string of the molecule is Nc1cc(S(=O)(=O)N2CCCCCc3ccccc32)ccc1Cl. The second-order valence-electron chi connectivity index (χ2n) is 5.70. The Balaban J connectivity index is 2.10. The lowest BCUT2D eigenvalue weighted by molar-refractivity contribution is 0.583. The number of hydrogen-bond acceptors (Lipinski definition) is 3. The third-order valence-corrected chi connectivity index (χ3v) is 6.28. The van der Waals surface area contributed by atoms with Gasteiger partial charge in [-0.3, -0.25) is 4.31 Å². The fraction of sp³-hybridized carbons (Fsp3) is 0.294. The van der Waals surface area contributed by atoms with E-state index in [0.717, 1.165) is 36.9 Å². The maximum Gasteiger partial charge on any atom is 0.264 e. The zero-order valence-corrected chi connectivity index (χ0v) is 14.3. The van der Waals surface area contributed by atoms with E-state index >= 15 is 0 Å². The van der Waals surface area contributed by atoms with Crippen molar-refractivity contribution in [2.45, 2.75) is 30.6 Å². The lowest BCUT2D eigenvalue weighted by atomic mass is 10.0. The molecular weight excluding hydrogens is 332 g/mol. The first-order valence-corrected chi connectivity index (χ1v) is 9.47. The summed E-state index contributed by atoms with van der Waals surface area (Å²) in [6.45, 7) is 0.474. The number of aryl methyl sites for hydroxylation is 1. The molecule has 0 saturated carbocycles. The lowest BCUT2D eigenvalue weighted by Crippen LogP contribution is -2.33. The molecule has 0 spiro atoms. The summed E-state index contributed by atoms with van der Waals surface area (Å²) >= 11 is 5.91. The monoisotopic (exact) mass is 350 g/mol. The fourth-order valence-electron chi connectivity index (χ4n) is 2.89. The molecule has 4 nitrogen and oxygen atoms in total. The van der Waals surface area contributed by atoms with E-state index in [1.165, 1.54) is 22.5 Å². The molecule has 6 heteroatoms. The van der Waals surface area contributed by atoms with Crippen molar-refractivity contribution in [3.05, 3.63) is 53.1 Å². The quantitative estimate of drug-likeness (QED) is 0.837. The fourth-order valence-corrected chi connectivity index (χ4v) is 4.59. The van der Waals surface area contributed by atoms with Gasteiger partial charge in [0.2, 0.25) is 0 Å². The molecule has 1 aliphatic rings. The molecule has 2 aromatic carbocycles. The largest absolute Gasteiger partial charge is 0.397 e. The highest BCUT2D eigenvalue weighted by Crippen LogP contribution is 2.32. The second-order valence-corrected chi connectivity index (χ2v) is 7.97. The molecule has 23 heavy (non-hydrogen) atoms. The van der Waals surface area contributed by atoms with Crippen LogP contribution < -0.4 is 10.0 Å². The van der Waals surface area contributed by atoms with Crippen molar-refractivity contribution in [2.75, 3.05) is 16.6 Å². The molecule has 2 N–H and O–H groups in total. The van der Waals surface area contributed by atoms with Crippen LogP contribution in [0.1, 0.15) is 24.8 Å². The van der Waals surface area contributed by atoms with Gasteiger partial charge in [-0.05, 0) is 49.1 Å². The van der Waals surface area contributed by atoms with E-state index in [-0.39, 0.29) is 10.6 Å². The Morgan fingerprint density at radius 3 is 2.61 bits per heavy atom. The minimum absolute atomic E-state index is 0.176. The van der Waals surface area contributed by atoms with Gasteiger partial charge in [0, 0.05) is 6.54 Å². The molecule has 1 heterocycles. The Labute approximate surface area is 141 Å². The van der Waals surface area contributed by atoms with Crippen LogP contribution in [-0.2, 0) is 16.4 Å². The molecule has 3 rings (SSSR count). The maximum atomic E-state index is 13.1. The van der Waals surface area contributed by atoms with Gasteiger partial charge in [0.05, 0.1) is 21.3 Å². The molecule has 0 unspecified atom stereocenters. The molecular formula is C17H19ClN2O2S. The second kappa shape index (κ2) is 6.42. The summed E-state index contributed by atoms with van der Waals surface area (Å²) in [5, 5.41) is 0.358. The number of anilines is 2. The van der Waals surface area contributed by atoms with Gasteiger partial charge in [-0.2, -0.15) is 0 Å². The van der Waals surface area contributed by atoms with Gasteiger partial charge < -0.3 is 5.73 Å². The third-order valence-electron chi connectivity index (χ3n) is 4.12. The smallest absolute Gasteiger partial charge is 0.264 e. The number of hydrogen-bond donors (Lipinski definition) is 1. The normalized spacial score (nSPS) is 15.6. The van der Waals surface area contributed by atoms with Crippen LogP contribution in [0.25, 0.3) is 0 Å². The first-order valence-electron chi connectivity index (χ1n) is 7.66. The molecule has 0 aromatic heterocycles. The molecule has 0 atom stereocenters. The van der Waals surface area contributed by atoms with E-state index in [1.54, 1.807) is 0 Å². The van der Waals surface area contributed by atoms with E-state index in [1.807, 2.05) is 24.3 Å². The van der Waals surface area contributed by atoms with E-state index < -0.39 is 10.0 Å². The number of benzene rings is 2. The molecule has 0 aliphatic carbocycles. The van der Waals surface area contributed by atoms with Crippen molar-refractivity contribution < 1.29 is 8.42 Å². The summed E-state index contributed by atoms with van der Waals surface area (Å²) < 4.78 is 27.7. The molecule has 122 valence electrons. The third kappa shape index (κ3) is 3.16. The number of rotatable bonds is 2. The predicted octanol–water partition coefficient (Wildman–Crippen LogP) is 3.84. The van der Waals surface area contributed by atoms with Crippen LogP contribution in [0.5, 0.6) is 0 Å². The van der Waals surface area contributed by atoms with Crippen molar-refractivity contribution in [2.24, 2.45) is 0 Å². The zero-order chi connectivity index (χ0) is 16.4. The summed E-state index contributed by atoms with van der Waals surface area (Å²) in [5.74, 6) is 0. The molecule has 0 amide bonds. The number of sulfonamides is 1. The van der Waals surface area contributed by atoms with Crippen molar-refractivity contribution in [1.29, 1.82) is 0 Å². The van der Waals surface area contributed by atoms with Crippen LogP contribution >= 0.6 is 11.6 Å². The van der Waals surface area contributed by atoms with E-state index in [0.29, 0.717) is 11.6 Å². The van der Waals surface area contributed by atoms with Gasteiger partial charge in [0.1, 0.15) is 0 Å². The standard InChI is InChI=1S/C17H19ClN2O2S/c18-15-10-9-14(12-16(15)19)23(21,22)20-11-5-1-2-6-13-7-3-4-8-17(13)20/h3-4,7-10,12H,1-2,5-6,11,19H2. The molecule has 0 saturated heterocycles. The van der Waals surface area contributed by atoms with Crippen molar-refractivity contribution >= 4 is 33.0 Å². The topological polar surface area (TPSA) is 63.4 Å². The zero-order valence-electron chi connectivity index (χ0n) is 12.7. The van der Waals surface area contributed by atoms with Gasteiger partial charge >= 0.3 is 0 Å². The molecule has 2 aromatic rings. The summed E-state index contributed by atoms with van der Waals surface area (Å²) in [7, 11) is -3.66. The van der Waals surface area contributed by atoms with Gasteiger partial charge in [-0.1, -0.05) is 36.2 Å². The van der Waals surface area contributed by atoms with E-state index in [9.17, 15) is 8.42 Å². The predicted molar refractivity (Wildman–Crippen MR) is 94.4 cm³/mol. The summed E-state index contributed by atoms with van der Waals surface area (Å²) in [6, 6.07) is 12.2. The van der Waals surface area contributed by atoms with Crippen LogP contribution in [0.3, 0.4) is 0 Å². The van der Waals surface area contributed by atoms with Crippen LogP contribution in [0.4, 0.5) is 11.4 Å². The number of fused-ring (bicyclic) bond motifs is 1. The Morgan fingerprint density at radius 2 is 1.83 bits per heavy atom. The first kappa shape index (κ1) is 16.1. The Hall–Kier alpha value is -1.72. The van der Waals surface area contributed by atoms with Gasteiger partial charge in [0.15, 0.2) is 0 Å². The average molecular weight is 351 g/mol. The average Bonchev–Trinajstić information content (AvgIpc) is 2.50. The Morgan fingerprint density at radius 1 is 1.04 bits per heavy atom. The number of nitrogens with two attached hydrogens (primary N) is 1. The van der Waals surface area contributed by atoms with Crippen molar-refractivity contribution in [1.82, 2.24) is 0 Å². The van der Waals surface area contributed by atoms with Crippen LogP contribution in [0.2, 0.25) is 5.02 Å². The molecule has 0 bridgehead atoms. The highest BCUT2D eigenvalue weighted by atomic mass is 35.5. The number of nitrogen functional groups attached to an aromatic ring is 1. The minimum atomic E-state index is -3.66. The Bertz CT molecular complexity index is 821. The highest BCUT2D eigenvalue weighted by Gasteiger charge is 2.27. The maximum absolute atomic E-state index is 13.1. The first-order chi connectivity index (χ1) is 11.0. The van der Waals surface area contributed by atoms with Crippen LogP contribution in [0, 0.1) is 0 Å². The molecule has 0 radical (unpaired) electrons. The summed E-state index contributed by atoms with van der Waals surface area (Å²) in [4.78, 5) is 0.176. The highest BCUT2D eigenvalue weighted by molar-refractivity contribution is 7.92.